The molecule has 0 saturated carbocycles. The van der Waals surface area contributed by atoms with Gasteiger partial charge in [-0.15, -0.1) is 0 Å². The third-order valence-corrected chi connectivity index (χ3v) is 2.18. The van der Waals surface area contributed by atoms with E-state index in [0.29, 0.717) is 20.6 Å². The summed E-state index contributed by atoms with van der Waals surface area (Å²) in [6, 6.07) is 2.99. The standard InChI is InChI=1S/C8H2Cl3/c1-2-5-3-7(10)8(11)4-6(5)9/h3-4H. The minimum absolute atomic E-state index is 0.380. The summed E-state index contributed by atoms with van der Waals surface area (Å²) < 4.78 is 0. The van der Waals surface area contributed by atoms with Crippen LogP contribution in [-0.2, 0) is 0 Å². The van der Waals surface area contributed by atoms with Gasteiger partial charge in [0.15, 0.2) is 0 Å². The van der Waals surface area contributed by atoms with Crippen LogP contribution in [0.4, 0.5) is 0 Å². The molecule has 0 aliphatic carbocycles. The predicted octanol–water partition coefficient (Wildman–Crippen LogP) is 3.58. The van der Waals surface area contributed by atoms with E-state index in [1.165, 1.54) is 12.1 Å². The monoisotopic (exact) mass is 203 g/mol. The Balaban J connectivity index is 3.35. The van der Waals surface area contributed by atoms with Gasteiger partial charge in [0.25, 0.3) is 0 Å². The molecule has 0 saturated heterocycles. The highest BCUT2D eigenvalue weighted by atomic mass is 35.5. The zero-order chi connectivity index (χ0) is 8.43. The summed E-state index contributed by atoms with van der Waals surface area (Å²) in [6.45, 7) is 0. The highest BCUT2D eigenvalue weighted by Crippen LogP contribution is 2.28. The molecule has 0 fully saturated rings. The van der Waals surface area contributed by atoms with Crippen LogP contribution in [-0.4, -0.2) is 0 Å². The minimum atomic E-state index is 0.380. The van der Waals surface area contributed by atoms with Crippen molar-refractivity contribution in [2.45, 2.75) is 0 Å². The van der Waals surface area contributed by atoms with E-state index in [0.717, 1.165) is 0 Å². The zero-order valence-corrected chi connectivity index (χ0v) is 7.56. The Morgan fingerprint density at radius 2 is 1.55 bits per heavy atom. The molecule has 0 aliphatic rings. The largest absolute Gasteiger partial charge is 0.0829 e. The van der Waals surface area contributed by atoms with Crippen LogP contribution in [0.3, 0.4) is 0 Å². The summed E-state index contributed by atoms with van der Waals surface area (Å²) in [5.41, 5.74) is 0.445. The quantitative estimate of drug-likeness (QED) is 0.448. The van der Waals surface area contributed by atoms with Crippen molar-refractivity contribution >= 4 is 34.8 Å². The molecule has 0 heterocycles. The molecule has 0 unspecified atom stereocenters. The van der Waals surface area contributed by atoms with Gasteiger partial charge in [-0.05, 0) is 18.6 Å². The lowest BCUT2D eigenvalue weighted by atomic mass is 10.2. The SMILES string of the molecule is [C]#Cc1cc(Cl)c(Cl)cc1Cl. The first-order valence-electron chi connectivity index (χ1n) is 2.72. The lowest BCUT2D eigenvalue weighted by molar-refractivity contribution is 1.64. The molecular weight excluding hydrogens is 202 g/mol. The summed E-state index contributed by atoms with van der Waals surface area (Å²) in [6.07, 6.45) is 6.82. The Labute approximate surface area is 80.1 Å². The predicted molar refractivity (Wildman–Crippen MR) is 47.7 cm³/mol. The van der Waals surface area contributed by atoms with Crippen LogP contribution < -0.4 is 0 Å². The molecule has 3 heteroatoms. The van der Waals surface area contributed by atoms with Crippen molar-refractivity contribution in [2.75, 3.05) is 0 Å². The van der Waals surface area contributed by atoms with Gasteiger partial charge in [0.2, 0.25) is 0 Å². The maximum atomic E-state index is 6.82. The smallest absolute Gasteiger partial charge is 0.0608 e. The average molecular weight is 204 g/mol. The number of hydrogen-bond donors (Lipinski definition) is 0. The van der Waals surface area contributed by atoms with Crippen molar-refractivity contribution in [2.24, 2.45) is 0 Å². The molecule has 0 amide bonds. The zero-order valence-electron chi connectivity index (χ0n) is 5.29. The van der Waals surface area contributed by atoms with E-state index in [2.05, 4.69) is 5.92 Å². The lowest BCUT2D eigenvalue weighted by Crippen LogP contribution is -1.77. The normalized spacial score (nSPS) is 9.27. The van der Waals surface area contributed by atoms with Gasteiger partial charge >= 0.3 is 0 Å². The van der Waals surface area contributed by atoms with E-state index >= 15 is 0 Å². The second kappa shape index (κ2) is 3.36. The fourth-order valence-corrected chi connectivity index (χ4v) is 1.21. The topological polar surface area (TPSA) is 0 Å². The highest BCUT2D eigenvalue weighted by Gasteiger charge is 2.02. The first-order valence-corrected chi connectivity index (χ1v) is 3.86. The summed E-state index contributed by atoms with van der Waals surface area (Å²) >= 11 is 17.0. The molecule has 0 aliphatic heterocycles. The summed E-state index contributed by atoms with van der Waals surface area (Å²) in [5.74, 6) is 2.14. The molecule has 0 nitrogen and oxygen atoms in total. The highest BCUT2D eigenvalue weighted by molar-refractivity contribution is 6.43. The second-order valence-electron chi connectivity index (χ2n) is 1.87. The van der Waals surface area contributed by atoms with Crippen LogP contribution in [0.1, 0.15) is 5.56 Å². The van der Waals surface area contributed by atoms with Crippen LogP contribution >= 0.6 is 34.8 Å². The van der Waals surface area contributed by atoms with E-state index in [-0.39, 0.29) is 0 Å². The number of rotatable bonds is 0. The van der Waals surface area contributed by atoms with Crippen LogP contribution in [0.5, 0.6) is 0 Å². The molecule has 1 aromatic carbocycles. The first kappa shape index (κ1) is 8.74. The average Bonchev–Trinajstić information content (AvgIpc) is 1.97. The molecule has 1 rings (SSSR count). The van der Waals surface area contributed by atoms with Gasteiger partial charge < -0.3 is 0 Å². The molecule has 11 heavy (non-hydrogen) atoms. The Hall–Kier alpha value is -0.350. The Morgan fingerprint density at radius 1 is 1.00 bits per heavy atom. The van der Waals surface area contributed by atoms with Crippen molar-refractivity contribution in [3.63, 3.8) is 0 Å². The van der Waals surface area contributed by atoms with Crippen LogP contribution in [0.25, 0.3) is 0 Å². The molecule has 0 aromatic heterocycles. The first-order chi connectivity index (χ1) is 5.15. The van der Waals surface area contributed by atoms with Crippen molar-refractivity contribution in [1.82, 2.24) is 0 Å². The summed E-state index contributed by atoms with van der Waals surface area (Å²) in [4.78, 5) is 0. The van der Waals surface area contributed by atoms with Gasteiger partial charge in [0, 0.05) is 5.56 Å². The lowest BCUT2D eigenvalue weighted by Gasteiger charge is -1.98. The van der Waals surface area contributed by atoms with Crippen molar-refractivity contribution in [1.29, 1.82) is 0 Å². The maximum absolute atomic E-state index is 6.82. The van der Waals surface area contributed by atoms with Crippen molar-refractivity contribution in [3.8, 4) is 5.92 Å². The second-order valence-corrected chi connectivity index (χ2v) is 3.09. The Bertz CT molecular complexity index is 323. The molecule has 1 aromatic rings. The van der Waals surface area contributed by atoms with E-state index in [9.17, 15) is 0 Å². The van der Waals surface area contributed by atoms with Gasteiger partial charge in [0.05, 0.1) is 15.1 Å². The number of halogens is 3. The fraction of sp³-hybridized carbons (Fsp3) is 0. The molecule has 0 spiro atoms. The summed E-state index contributed by atoms with van der Waals surface area (Å²) in [5, 5.41) is 1.15. The third-order valence-electron chi connectivity index (χ3n) is 1.14. The minimum Gasteiger partial charge on any atom is -0.0829 e. The molecule has 1 radical (unpaired) electrons. The van der Waals surface area contributed by atoms with Crippen molar-refractivity contribution in [3.05, 3.63) is 39.2 Å². The van der Waals surface area contributed by atoms with Crippen molar-refractivity contribution < 1.29 is 0 Å². The number of benzene rings is 1. The number of hydrogen-bond acceptors (Lipinski definition) is 0. The molecule has 55 valence electrons. The van der Waals surface area contributed by atoms with E-state index in [1.807, 2.05) is 0 Å². The van der Waals surface area contributed by atoms with E-state index < -0.39 is 0 Å². The van der Waals surface area contributed by atoms with Crippen LogP contribution in [0.15, 0.2) is 12.1 Å². The van der Waals surface area contributed by atoms with Crippen LogP contribution in [0.2, 0.25) is 15.1 Å². The van der Waals surface area contributed by atoms with Gasteiger partial charge in [0.1, 0.15) is 0 Å². The van der Waals surface area contributed by atoms with E-state index in [4.69, 9.17) is 41.2 Å². The van der Waals surface area contributed by atoms with Crippen LogP contribution in [0, 0.1) is 12.3 Å². The Kier molecular flexibility index (Phi) is 2.67. The van der Waals surface area contributed by atoms with Gasteiger partial charge in [-0.2, -0.15) is 0 Å². The molecule has 0 N–H and O–H groups in total. The third kappa shape index (κ3) is 1.81. The van der Waals surface area contributed by atoms with Gasteiger partial charge in [-0.3, -0.25) is 0 Å². The Morgan fingerprint density at radius 3 is 2.09 bits per heavy atom. The summed E-state index contributed by atoms with van der Waals surface area (Å²) in [7, 11) is 0. The molecule has 0 bridgehead atoms. The van der Waals surface area contributed by atoms with Gasteiger partial charge in [-0.25, -0.2) is 0 Å². The maximum Gasteiger partial charge on any atom is 0.0608 e. The molecular formula is C8H2Cl3. The fourth-order valence-electron chi connectivity index (χ4n) is 0.618. The molecule has 0 atom stereocenters. The van der Waals surface area contributed by atoms with E-state index in [1.54, 1.807) is 0 Å². The van der Waals surface area contributed by atoms with Gasteiger partial charge in [-0.1, -0.05) is 40.7 Å².